The maximum atomic E-state index is 11.9. The van der Waals surface area contributed by atoms with Crippen LogP contribution in [0.5, 0.6) is 0 Å². The highest BCUT2D eigenvalue weighted by molar-refractivity contribution is 7.98. The predicted molar refractivity (Wildman–Crippen MR) is 101 cm³/mol. The molecule has 0 saturated heterocycles. The maximum absolute atomic E-state index is 11.9. The molecule has 0 aliphatic heterocycles. The largest absolute Gasteiger partial charge is 0.423 e. The number of thioether (sulfide) groups is 1. The molecule has 0 unspecified atom stereocenters. The summed E-state index contributed by atoms with van der Waals surface area (Å²) < 4.78 is 5.38. The van der Waals surface area contributed by atoms with Crippen molar-refractivity contribution in [1.29, 1.82) is 0 Å². The Morgan fingerprint density at radius 3 is 2.80 bits per heavy atom. The molecule has 0 spiro atoms. The van der Waals surface area contributed by atoms with Crippen LogP contribution in [0.15, 0.2) is 69.1 Å². The van der Waals surface area contributed by atoms with Gasteiger partial charge in [-0.3, -0.25) is 0 Å². The molecule has 0 aliphatic rings. The van der Waals surface area contributed by atoms with Crippen molar-refractivity contribution in [2.75, 3.05) is 0 Å². The van der Waals surface area contributed by atoms with E-state index in [1.165, 1.54) is 0 Å². The van der Waals surface area contributed by atoms with E-state index in [0.717, 1.165) is 38.9 Å². The SMILES string of the molecule is CCc1ccc2c(CSc3ncnc4ccccc34)cc(=O)oc2c1. The van der Waals surface area contributed by atoms with Crippen molar-refractivity contribution in [2.45, 2.75) is 24.1 Å². The van der Waals surface area contributed by atoms with Gasteiger partial charge in [-0.25, -0.2) is 14.8 Å². The van der Waals surface area contributed by atoms with Crippen molar-refractivity contribution in [3.63, 3.8) is 0 Å². The molecule has 0 amide bonds. The predicted octanol–water partition coefficient (Wildman–Crippen LogP) is 4.59. The number of hydrogen-bond donors (Lipinski definition) is 0. The lowest BCUT2D eigenvalue weighted by Crippen LogP contribution is -2.00. The number of aromatic nitrogens is 2. The highest BCUT2D eigenvalue weighted by Gasteiger charge is 2.09. The molecule has 0 radical (unpaired) electrons. The van der Waals surface area contributed by atoms with Gasteiger partial charge in [0, 0.05) is 22.6 Å². The molecular weight excluding hydrogens is 332 g/mol. The van der Waals surface area contributed by atoms with Crippen LogP contribution in [-0.2, 0) is 12.2 Å². The molecule has 124 valence electrons. The van der Waals surface area contributed by atoms with E-state index in [9.17, 15) is 4.79 Å². The summed E-state index contributed by atoms with van der Waals surface area (Å²) in [5.41, 5.74) is 3.37. The van der Waals surface area contributed by atoms with Gasteiger partial charge in [-0.05, 0) is 29.7 Å². The Kier molecular flexibility index (Phi) is 4.24. The molecule has 4 nitrogen and oxygen atoms in total. The highest BCUT2D eigenvalue weighted by atomic mass is 32.2. The Labute approximate surface area is 148 Å². The summed E-state index contributed by atoms with van der Waals surface area (Å²) in [6.45, 7) is 2.08. The van der Waals surface area contributed by atoms with E-state index in [1.54, 1.807) is 24.2 Å². The Balaban J connectivity index is 1.72. The van der Waals surface area contributed by atoms with Crippen molar-refractivity contribution in [2.24, 2.45) is 0 Å². The number of hydrogen-bond acceptors (Lipinski definition) is 5. The van der Waals surface area contributed by atoms with Crippen LogP contribution in [0.3, 0.4) is 0 Å². The van der Waals surface area contributed by atoms with Crippen molar-refractivity contribution >= 4 is 33.6 Å². The van der Waals surface area contributed by atoms with Gasteiger partial charge in [0.15, 0.2) is 0 Å². The summed E-state index contributed by atoms with van der Waals surface area (Å²) in [7, 11) is 0. The number of aryl methyl sites for hydroxylation is 1. The van der Waals surface area contributed by atoms with Crippen LogP contribution in [0.4, 0.5) is 0 Å². The van der Waals surface area contributed by atoms with Crippen LogP contribution in [-0.4, -0.2) is 9.97 Å². The third kappa shape index (κ3) is 3.15. The first kappa shape index (κ1) is 15.8. The standard InChI is InChI=1S/C20H16N2O2S/c1-2-13-7-8-15-14(10-19(23)24-18(15)9-13)11-25-20-16-5-3-4-6-17(16)21-12-22-20/h3-10,12H,2,11H2,1H3. The highest BCUT2D eigenvalue weighted by Crippen LogP contribution is 2.29. The van der Waals surface area contributed by atoms with Gasteiger partial charge in [-0.2, -0.15) is 0 Å². The molecule has 4 aromatic rings. The Morgan fingerprint density at radius 2 is 1.92 bits per heavy atom. The third-order valence-electron chi connectivity index (χ3n) is 4.17. The van der Waals surface area contributed by atoms with Gasteiger partial charge < -0.3 is 4.42 Å². The molecule has 0 atom stereocenters. The van der Waals surface area contributed by atoms with Crippen molar-refractivity contribution < 1.29 is 4.42 Å². The Morgan fingerprint density at radius 1 is 1.04 bits per heavy atom. The first-order valence-corrected chi connectivity index (χ1v) is 9.11. The van der Waals surface area contributed by atoms with E-state index in [-0.39, 0.29) is 5.63 Å². The smallest absolute Gasteiger partial charge is 0.336 e. The van der Waals surface area contributed by atoms with E-state index in [4.69, 9.17) is 4.42 Å². The molecule has 4 rings (SSSR count). The maximum Gasteiger partial charge on any atom is 0.336 e. The molecular formula is C20H16N2O2S. The van der Waals surface area contributed by atoms with Crippen LogP contribution >= 0.6 is 11.8 Å². The molecule has 2 aromatic carbocycles. The van der Waals surface area contributed by atoms with Crippen molar-refractivity contribution in [3.8, 4) is 0 Å². The number of rotatable bonds is 4. The monoisotopic (exact) mass is 348 g/mol. The Hall–Kier alpha value is -2.66. The van der Waals surface area contributed by atoms with E-state index >= 15 is 0 Å². The summed E-state index contributed by atoms with van der Waals surface area (Å²) in [6, 6.07) is 15.6. The zero-order chi connectivity index (χ0) is 17.2. The summed E-state index contributed by atoms with van der Waals surface area (Å²) in [5.74, 6) is 0.647. The second-order valence-electron chi connectivity index (χ2n) is 5.76. The molecule has 0 fully saturated rings. The minimum Gasteiger partial charge on any atom is -0.423 e. The first-order valence-electron chi connectivity index (χ1n) is 8.13. The van der Waals surface area contributed by atoms with Crippen molar-refractivity contribution in [3.05, 3.63) is 76.4 Å². The van der Waals surface area contributed by atoms with Gasteiger partial charge in [0.2, 0.25) is 0 Å². The van der Waals surface area contributed by atoms with Gasteiger partial charge in [-0.1, -0.05) is 37.3 Å². The van der Waals surface area contributed by atoms with E-state index in [1.807, 2.05) is 36.4 Å². The molecule has 0 saturated carbocycles. The normalized spacial score (nSPS) is 11.2. The fourth-order valence-corrected chi connectivity index (χ4v) is 3.84. The van der Waals surface area contributed by atoms with Gasteiger partial charge in [0.05, 0.1) is 5.52 Å². The van der Waals surface area contributed by atoms with Gasteiger partial charge in [0.1, 0.15) is 16.9 Å². The Bertz CT molecular complexity index is 1120. The lowest BCUT2D eigenvalue weighted by molar-refractivity contribution is 0.559. The van der Waals surface area contributed by atoms with Gasteiger partial charge >= 0.3 is 5.63 Å². The zero-order valence-electron chi connectivity index (χ0n) is 13.7. The number of nitrogens with zero attached hydrogens (tertiary/aromatic N) is 2. The van der Waals surface area contributed by atoms with Crippen LogP contribution < -0.4 is 5.63 Å². The molecule has 0 aliphatic carbocycles. The van der Waals surface area contributed by atoms with Crippen molar-refractivity contribution in [1.82, 2.24) is 9.97 Å². The summed E-state index contributed by atoms with van der Waals surface area (Å²) >= 11 is 1.60. The lowest BCUT2D eigenvalue weighted by atomic mass is 10.1. The number of fused-ring (bicyclic) bond motifs is 2. The summed E-state index contributed by atoms with van der Waals surface area (Å²) in [4.78, 5) is 20.6. The summed E-state index contributed by atoms with van der Waals surface area (Å²) in [5, 5.41) is 2.91. The molecule has 2 heterocycles. The molecule has 0 N–H and O–H groups in total. The lowest BCUT2D eigenvalue weighted by Gasteiger charge is -2.07. The van der Waals surface area contributed by atoms with Gasteiger partial charge in [0.25, 0.3) is 0 Å². The second kappa shape index (κ2) is 6.69. The molecule has 25 heavy (non-hydrogen) atoms. The van der Waals surface area contributed by atoms with E-state index < -0.39 is 0 Å². The minimum absolute atomic E-state index is 0.316. The average Bonchev–Trinajstić information content (AvgIpc) is 2.65. The molecule has 2 aromatic heterocycles. The van der Waals surface area contributed by atoms with Crippen LogP contribution in [0.1, 0.15) is 18.1 Å². The van der Waals surface area contributed by atoms with Crippen LogP contribution in [0.2, 0.25) is 0 Å². The number of benzene rings is 2. The second-order valence-corrected chi connectivity index (χ2v) is 6.72. The van der Waals surface area contributed by atoms with Gasteiger partial charge in [-0.15, -0.1) is 11.8 Å². The minimum atomic E-state index is -0.316. The molecule has 0 bridgehead atoms. The quantitative estimate of drug-likeness (QED) is 0.307. The zero-order valence-corrected chi connectivity index (χ0v) is 14.5. The van der Waals surface area contributed by atoms with Crippen LogP contribution in [0.25, 0.3) is 21.9 Å². The average molecular weight is 348 g/mol. The fraction of sp³-hybridized carbons (Fsp3) is 0.150. The van der Waals surface area contributed by atoms with E-state index in [2.05, 4.69) is 23.0 Å². The third-order valence-corrected chi connectivity index (χ3v) is 5.23. The van der Waals surface area contributed by atoms with Crippen LogP contribution in [0, 0.1) is 0 Å². The first-order chi connectivity index (χ1) is 12.2. The summed E-state index contributed by atoms with van der Waals surface area (Å²) in [6.07, 6.45) is 2.49. The topological polar surface area (TPSA) is 56.0 Å². The number of para-hydroxylation sites is 1. The molecule has 5 heteroatoms. The fourth-order valence-electron chi connectivity index (χ4n) is 2.85. The van der Waals surface area contributed by atoms with E-state index in [0.29, 0.717) is 11.3 Å².